The normalized spacial score (nSPS) is 30.4. The number of carbonyl (C=O) groups excluding carboxylic acids is 1. The molecule has 136 valence electrons. The van der Waals surface area contributed by atoms with Crippen molar-refractivity contribution >= 4 is 35.1 Å². The van der Waals surface area contributed by atoms with Gasteiger partial charge in [-0.05, 0) is 62.0 Å². The molecule has 3 fully saturated rings. The van der Waals surface area contributed by atoms with Gasteiger partial charge in [-0.2, -0.15) is 0 Å². The Kier molecular flexibility index (Phi) is 5.11. The fourth-order valence-corrected chi connectivity index (χ4v) is 9.19. The molecular weight excluding hydrogens is 346 g/mol. The van der Waals surface area contributed by atoms with Crippen LogP contribution in [-0.4, -0.2) is 21.5 Å². The number of nitrogens with one attached hydrogen (secondary N) is 1. The third-order valence-corrected chi connectivity index (χ3v) is 10.5. The fourth-order valence-electron chi connectivity index (χ4n) is 5.25. The van der Waals surface area contributed by atoms with Crippen LogP contribution in [-0.2, 0) is 11.2 Å². The molecule has 1 aromatic rings. The molecule has 1 aromatic carbocycles. The number of benzene rings is 1. The Hall–Kier alpha value is -0.610. The van der Waals surface area contributed by atoms with Gasteiger partial charge in [0, 0.05) is 23.1 Å². The summed E-state index contributed by atoms with van der Waals surface area (Å²) in [5.74, 6) is 4.54. The van der Waals surface area contributed by atoms with E-state index in [1.807, 2.05) is 0 Å². The largest absolute Gasteiger partial charge is 0.325 e. The zero-order chi connectivity index (χ0) is 17.4. The summed E-state index contributed by atoms with van der Waals surface area (Å²) >= 11 is 4.43. The standard InChI is InChI=1S/C21H29NOS2/c1-3-15-7-4-6-14(2)19(15)22-20(23)16-12-17-8-5-9-18(13-16)21(17)24-10-11-25-21/h4,6-7,16-18H,3,5,8-13H2,1-2H3,(H,22,23)/t16?,17-,18+. The van der Waals surface area contributed by atoms with E-state index in [0.29, 0.717) is 4.08 Å². The summed E-state index contributed by atoms with van der Waals surface area (Å²) in [6.07, 6.45) is 7.16. The van der Waals surface area contributed by atoms with Crippen LogP contribution < -0.4 is 5.32 Å². The Morgan fingerprint density at radius 1 is 1.20 bits per heavy atom. The van der Waals surface area contributed by atoms with Gasteiger partial charge in [-0.25, -0.2) is 0 Å². The number of rotatable bonds is 3. The number of anilines is 1. The first-order valence-electron chi connectivity index (χ1n) is 9.81. The average molecular weight is 376 g/mol. The van der Waals surface area contributed by atoms with Gasteiger partial charge in [-0.1, -0.05) is 31.5 Å². The fraction of sp³-hybridized carbons (Fsp3) is 0.667. The first-order chi connectivity index (χ1) is 12.1. The Morgan fingerprint density at radius 3 is 2.52 bits per heavy atom. The quantitative estimate of drug-likeness (QED) is 0.756. The number of thioether (sulfide) groups is 2. The molecule has 1 saturated heterocycles. The molecule has 1 aliphatic heterocycles. The van der Waals surface area contributed by atoms with Crippen LogP contribution in [0.25, 0.3) is 0 Å². The van der Waals surface area contributed by atoms with Crippen LogP contribution in [0.5, 0.6) is 0 Å². The van der Waals surface area contributed by atoms with E-state index >= 15 is 0 Å². The first-order valence-corrected chi connectivity index (χ1v) is 11.8. The van der Waals surface area contributed by atoms with Gasteiger partial charge in [0.15, 0.2) is 0 Å². The molecule has 1 amide bonds. The second-order valence-electron chi connectivity index (χ2n) is 7.86. The van der Waals surface area contributed by atoms with Gasteiger partial charge in [0.1, 0.15) is 0 Å². The van der Waals surface area contributed by atoms with E-state index in [-0.39, 0.29) is 11.8 Å². The molecule has 1 spiro atoms. The van der Waals surface area contributed by atoms with Crippen LogP contribution in [0.4, 0.5) is 5.69 Å². The van der Waals surface area contributed by atoms with E-state index < -0.39 is 0 Å². The molecule has 1 N–H and O–H groups in total. The second kappa shape index (κ2) is 7.19. The van der Waals surface area contributed by atoms with E-state index in [9.17, 15) is 4.79 Å². The molecule has 2 saturated carbocycles. The highest BCUT2D eigenvalue weighted by molar-refractivity contribution is 8.21. The summed E-state index contributed by atoms with van der Waals surface area (Å²) < 4.78 is 0.451. The molecule has 2 bridgehead atoms. The predicted octanol–water partition coefficient (Wildman–Crippen LogP) is 5.50. The van der Waals surface area contributed by atoms with Gasteiger partial charge in [0.05, 0.1) is 4.08 Å². The van der Waals surface area contributed by atoms with Crippen molar-refractivity contribution in [2.45, 2.75) is 56.5 Å². The Morgan fingerprint density at radius 2 is 1.88 bits per heavy atom. The van der Waals surface area contributed by atoms with Crippen molar-refractivity contribution in [1.29, 1.82) is 0 Å². The Bertz CT molecular complexity index is 637. The third kappa shape index (κ3) is 3.14. The molecule has 0 radical (unpaired) electrons. The summed E-state index contributed by atoms with van der Waals surface area (Å²) in [6, 6.07) is 6.33. The molecule has 0 aromatic heterocycles. The van der Waals surface area contributed by atoms with Gasteiger partial charge in [-0.3, -0.25) is 4.79 Å². The Labute approximate surface area is 160 Å². The number of aryl methyl sites for hydroxylation is 2. The van der Waals surface area contributed by atoms with Crippen molar-refractivity contribution in [3.05, 3.63) is 29.3 Å². The summed E-state index contributed by atoms with van der Waals surface area (Å²) in [4.78, 5) is 13.1. The van der Waals surface area contributed by atoms with Crippen molar-refractivity contribution in [3.8, 4) is 0 Å². The highest BCUT2D eigenvalue weighted by Gasteiger charge is 2.55. The van der Waals surface area contributed by atoms with Crippen molar-refractivity contribution in [3.63, 3.8) is 0 Å². The van der Waals surface area contributed by atoms with Crippen molar-refractivity contribution in [1.82, 2.24) is 0 Å². The first kappa shape index (κ1) is 17.8. The lowest BCUT2D eigenvalue weighted by atomic mass is 9.67. The zero-order valence-electron chi connectivity index (χ0n) is 15.3. The molecule has 1 unspecified atom stereocenters. The summed E-state index contributed by atoms with van der Waals surface area (Å²) in [7, 11) is 0. The van der Waals surface area contributed by atoms with Crippen LogP contribution in [0.15, 0.2) is 18.2 Å². The molecule has 4 heteroatoms. The number of amides is 1. The van der Waals surface area contributed by atoms with Crippen LogP contribution >= 0.6 is 23.5 Å². The summed E-state index contributed by atoms with van der Waals surface area (Å²) in [6.45, 7) is 4.26. The minimum Gasteiger partial charge on any atom is -0.325 e. The molecule has 2 nitrogen and oxygen atoms in total. The highest BCUT2D eigenvalue weighted by atomic mass is 32.2. The lowest BCUT2D eigenvalue weighted by Gasteiger charge is -2.52. The summed E-state index contributed by atoms with van der Waals surface area (Å²) in [5, 5.41) is 3.32. The molecule has 3 aliphatic rings. The minimum atomic E-state index is 0.201. The highest BCUT2D eigenvalue weighted by Crippen LogP contribution is 2.64. The van der Waals surface area contributed by atoms with Crippen LogP contribution in [0, 0.1) is 24.7 Å². The Balaban J connectivity index is 1.51. The number of hydrogen-bond acceptors (Lipinski definition) is 3. The average Bonchev–Trinajstić information content (AvgIpc) is 3.06. The van der Waals surface area contributed by atoms with Gasteiger partial charge >= 0.3 is 0 Å². The second-order valence-corrected chi connectivity index (χ2v) is 10.9. The maximum atomic E-state index is 13.1. The van der Waals surface area contributed by atoms with Gasteiger partial charge in [0.2, 0.25) is 5.91 Å². The molecule has 2 aliphatic carbocycles. The summed E-state index contributed by atoms with van der Waals surface area (Å²) in [5.41, 5.74) is 3.50. The van der Waals surface area contributed by atoms with E-state index in [4.69, 9.17) is 0 Å². The topological polar surface area (TPSA) is 29.1 Å². The van der Waals surface area contributed by atoms with Crippen molar-refractivity contribution in [2.75, 3.05) is 16.8 Å². The van der Waals surface area contributed by atoms with E-state index in [1.54, 1.807) is 0 Å². The SMILES string of the molecule is CCc1cccc(C)c1NC(=O)C1C[C@H]2CCC[C@@H](C1)C21SCCS1. The van der Waals surface area contributed by atoms with Gasteiger partial charge in [-0.15, -0.1) is 23.5 Å². The van der Waals surface area contributed by atoms with Crippen molar-refractivity contribution in [2.24, 2.45) is 17.8 Å². The van der Waals surface area contributed by atoms with Gasteiger partial charge < -0.3 is 5.32 Å². The van der Waals surface area contributed by atoms with Crippen LogP contribution in [0.3, 0.4) is 0 Å². The number of para-hydroxylation sites is 1. The maximum absolute atomic E-state index is 13.1. The third-order valence-electron chi connectivity index (χ3n) is 6.48. The molecular formula is C21H29NOS2. The molecule has 25 heavy (non-hydrogen) atoms. The monoisotopic (exact) mass is 375 g/mol. The number of carbonyl (C=O) groups is 1. The van der Waals surface area contributed by atoms with E-state index in [1.165, 1.54) is 41.9 Å². The lowest BCUT2D eigenvalue weighted by molar-refractivity contribution is -0.122. The van der Waals surface area contributed by atoms with Crippen LogP contribution in [0.1, 0.15) is 50.2 Å². The van der Waals surface area contributed by atoms with E-state index in [2.05, 4.69) is 60.9 Å². The molecule has 1 heterocycles. The molecule has 4 rings (SSSR count). The number of hydrogen-bond donors (Lipinski definition) is 1. The van der Waals surface area contributed by atoms with Crippen LogP contribution in [0.2, 0.25) is 0 Å². The van der Waals surface area contributed by atoms with Crippen molar-refractivity contribution < 1.29 is 4.79 Å². The van der Waals surface area contributed by atoms with Gasteiger partial charge in [0.25, 0.3) is 0 Å². The smallest absolute Gasteiger partial charge is 0.227 e. The maximum Gasteiger partial charge on any atom is 0.227 e. The van der Waals surface area contributed by atoms with E-state index in [0.717, 1.165) is 36.8 Å². The minimum absolute atomic E-state index is 0.201. The molecule has 3 atom stereocenters. The lowest BCUT2D eigenvalue weighted by Crippen LogP contribution is -2.48. The zero-order valence-corrected chi connectivity index (χ0v) is 17.0. The predicted molar refractivity (Wildman–Crippen MR) is 110 cm³/mol.